The molecule has 7 heteroatoms. The lowest BCUT2D eigenvalue weighted by molar-refractivity contribution is -0.144. The Bertz CT molecular complexity index is 997. The highest BCUT2D eigenvalue weighted by molar-refractivity contribution is 6.04. The van der Waals surface area contributed by atoms with Crippen LogP contribution in [0.1, 0.15) is 53.2 Å². The Hall–Kier alpha value is -3.19. The summed E-state index contributed by atoms with van der Waals surface area (Å²) >= 11 is 0. The van der Waals surface area contributed by atoms with Crippen molar-refractivity contribution in [3.8, 4) is 0 Å². The summed E-state index contributed by atoms with van der Waals surface area (Å²) in [5.74, 6) is -0.317. The zero-order valence-electron chi connectivity index (χ0n) is 19.3. The summed E-state index contributed by atoms with van der Waals surface area (Å²) in [7, 11) is 0. The van der Waals surface area contributed by atoms with Crippen LogP contribution in [-0.4, -0.2) is 60.8 Å². The third kappa shape index (κ3) is 6.42. The molecular weight excluding hydrogens is 416 g/mol. The van der Waals surface area contributed by atoms with E-state index in [9.17, 15) is 9.59 Å². The van der Waals surface area contributed by atoms with Crippen LogP contribution in [0.15, 0.2) is 47.6 Å². The molecular formula is C26H32N4O3. The number of fused-ring (bicyclic) bond motifs is 1. The SMILES string of the molecule is CCOC(=O)CN1CCc2cc(NC(=O)c3ccc(/C=N/N4CCCCC4)cc3)ccc2C1. The molecule has 2 heterocycles. The Balaban J connectivity index is 1.32. The topological polar surface area (TPSA) is 74.2 Å². The molecule has 0 aliphatic carbocycles. The van der Waals surface area contributed by atoms with Crippen LogP contribution in [0.25, 0.3) is 0 Å². The van der Waals surface area contributed by atoms with Crippen molar-refractivity contribution < 1.29 is 14.3 Å². The molecule has 1 saturated heterocycles. The maximum Gasteiger partial charge on any atom is 0.320 e. The second-order valence-corrected chi connectivity index (χ2v) is 8.58. The fourth-order valence-corrected chi connectivity index (χ4v) is 4.28. The number of benzene rings is 2. The Morgan fingerprint density at radius 2 is 1.82 bits per heavy atom. The number of esters is 1. The predicted molar refractivity (Wildman–Crippen MR) is 129 cm³/mol. The summed E-state index contributed by atoms with van der Waals surface area (Å²) in [6, 6.07) is 13.5. The molecule has 1 amide bonds. The smallest absolute Gasteiger partial charge is 0.320 e. The highest BCUT2D eigenvalue weighted by Gasteiger charge is 2.19. The number of hydrogen-bond donors (Lipinski definition) is 1. The molecule has 2 aliphatic rings. The first kappa shape index (κ1) is 23.0. The highest BCUT2D eigenvalue weighted by Crippen LogP contribution is 2.23. The van der Waals surface area contributed by atoms with Crippen LogP contribution in [0.2, 0.25) is 0 Å². The van der Waals surface area contributed by atoms with E-state index in [1.807, 2.05) is 55.6 Å². The molecule has 1 fully saturated rings. The lowest BCUT2D eigenvalue weighted by Gasteiger charge is -2.28. The van der Waals surface area contributed by atoms with E-state index >= 15 is 0 Å². The van der Waals surface area contributed by atoms with E-state index in [4.69, 9.17) is 4.74 Å². The number of piperidine rings is 1. The third-order valence-corrected chi connectivity index (χ3v) is 6.09. The molecule has 0 aromatic heterocycles. The Labute approximate surface area is 195 Å². The molecule has 1 N–H and O–H groups in total. The van der Waals surface area contributed by atoms with Crippen LogP contribution < -0.4 is 5.32 Å². The van der Waals surface area contributed by atoms with E-state index in [1.54, 1.807) is 0 Å². The van der Waals surface area contributed by atoms with Gasteiger partial charge in [-0.25, -0.2) is 0 Å². The van der Waals surface area contributed by atoms with Gasteiger partial charge in [0.25, 0.3) is 5.91 Å². The summed E-state index contributed by atoms with van der Waals surface area (Å²) in [6.45, 7) is 6.07. The molecule has 0 bridgehead atoms. The Morgan fingerprint density at radius 1 is 1.03 bits per heavy atom. The first-order valence-electron chi connectivity index (χ1n) is 11.8. The van der Waals surface area contributed by atoms with Crippen LogP contribution >= 0.6 is 0 Å². The standard InChI is InChI=1S/C26H32N4O3/c1-2-33-25(31)19-29-15-12-22-16-24(11-10-23(22)18-29)28-26(32)21-8-6-20(7-9-21)17-27-30-13-4-3-5-14-30/h6-11,16-17H,2-5,12-15,18-19H2,1H3,(H,28,32)/b27-17+. The molecule has 0 unspecified atom stereocenters. The van der Waals surface area contributed by atoms with Crippen molar-refractivity contribution in [2.24, 2.45) is 5.10 Å². The second kappa shape index (κ2) is 11.1. The number of nitrogens with one attached hydrogen (secondary N) is 1. The van der Waals surface area contributed by atoms with Gasteiger partial charge < -0.3 is 10.1 Å². The summed E-state index contributed by atoms with van der Waals surface area (Å²) in [6.07, 6.45) is 6.38. The third-order valence-electron chi connectivity index (χ3n) is 6.09. The van der Waals surface area contributed by atoms with Crippen LogP contribution in [0, 0.1) is 0 Å². The number of ether oxygens (including phenoxy) is 1. The molecule has 0 spiro atoms. The van der Waals surface area contributed by atoms with Crippen LogP contribution in [-0.2, 0) is 22.5 Å². The minimum Gasteiger partial charge on any atom is -0.465 e. The van der Waals surface area contributed by atoms with Crippen molar-refractivity contribution in [2.45, 2.75) is 39.2 Å². The van der Waals surface area contributed by atoms with Crippen LogP contribution in [0.5, 0.6) is 0 Å². The maximum atomic E-state index is 12.7. The minimum atomic E-state index is -0.186. The van der Waals surface area contributed by atoms with Crippen molar-refractivity contribution in [3.63, 3.8) is 0 Å². The van der Waals surface area contributed by atoms with E-state index < -0.39 is 0 Å². The van der Waals surface area contributed by atoms with Gasteiger partial charge in [-0.2, -0.15) is 5.10 Å². The predicted octanol–water partition coefficient (Wildman–Crippen LogP) is 3.68. The molecule has 0 radical (unpaired) electrons. The summed E-state index contributed by atoms with van der Waals surface area (Å²) in [4.78, 5) is 26.6. The highest BCUT2D eigenvalue weighted by atomic mass is 16.5. The number of carbonyl (C=O) groups excluding carboxylic acids is 2. The molecule has 4 rings (SSSR count). The molecule has 0 atom stereocenters. The first-order chi connectivity index (χ1) is 16.1. The van der Waals surface area contributed by atoms with Crippen molar-refractivity contribution in [3.05, 3.63) is 64.7 Å². The number of anilines is 1. The van der Waals surface area contributed by atoms with E-state index in [0.29, 0.717) is 25.3 Å². The fourth-order valence-electron chi connectivity index (χ4n) is 4.28. The van der Waals surface area contributed by atoms with Gasteiger partial charge >= 0.3 is 5.97 Å². The number of hydrazone groups is 1. The van der Waals surface area contributed by atoms with Crippen molar-refractivity contribution in [1.82, 2.24) is 9.91 Å². The molecule has 2 aromatic carbocycles. The average molecular weight is 449 g/mol. The number of carbonyl (C=O) groups is 2. The van der Waals surface area contributed by atoms with Gasteiger partial charge in [0.2, 0.25) is 0 Å². The van der Waals surface area contributed by atoms with Crippen LogP contribution in [0.4, 0.5) is 5.69 Å². The molecule has 2 aromatic rings. The van der Waals surface area contributed by atoms with Gasteiger partial charge in [-0.05, 0) is 73.6 Å². The lowest BCUT2D eigenvalue weighted by atomic mass is 9.99. The average Bonchev–Trinajstić information content (AvgIpc) is 2.84. The zero-order chi connectivity index (χ0) is 23.0. The van der Waals surface area contributed by atoms with E-state index in [0.717, 1.165) is 37.3 Å². The van der Waals surface area contributed by atoms with Gasteiger partial charge in [0.1, 0.15) is 0 Å². The summed E-state index contributed by atoms with van der Waals surface area (Å²) < 4.78 is 5.05. The van der Waals surface area contributed by atoms with E-state index in [1.165, 1.54) is 30.4 Å². The Kier molecular flexibility index (Phi) is 7.73. The van der Waals surface area contributed by atoms with Crippen LogP contribution in [0.3, 0.4) is 0 Å². The van der Waals surface area contributed by atoms with Gasteiger partial charge in [0, 0.05) is 37.4 Å². The fraction of sp³-hybridized carbons (Fsp3) is 0.423. The lowest BCUT2D eigenvalue weighted by Crippen LogP contribution is -2.35. The normalized spacial score (nSPS) is 16.5. The summed E-state index contributed by atoms with van der Waals surface area (Å²) in [5.41, 5.74) is 4.77. The van der Waals surface area contributed by atoms with Gasteiger partial charge in [-0.15, -0.1) is 0 Å². The van der Waals surface area contributed by atoms with Crippen molar-refractivity contribution in [1.29, 1.82) is 0 Å². The maximum absolute atomic E-state index is 12.7. The minimum absolute atomic E-state index is 0.130. The number of amides is 1. The molecule has 0 saturated carbocycles. The second-order valence-electron chi connectivity index (χ2n) is 8.58. The van der Waals surface area contributed by atoms with E-state index in [-0.39, 0.29) is 11.9 Å². The number of hydrogen-bond acceptors (Lipinski definition) is 6. The first-order valence-corrected chi connectivity index (χ1v) is 11.8. The quantitative estimate of drug-likeness (QED) is 0.517. The monoisotopic (exact) mass is 448 g/mol. The molecule has 33 heavy (non-hydrogen) atoms. The number of nitrogens with zero attached hydrogens (tertiary/aromatic N) is 3. The number of rotatable bonds is 7. The van der Waals surface area contributed by atoms with Gasteiger partial charge in [0.05, 0.1) is 19.4 Å². The molecule has 7 nitrogen and oxygen atoms in total. The molecule has 2 aliphatic heterocycles. The van der Waals surface area contributed by atoms with Crippen molar-refractivity contribution in [2.75, 3.05) is 38.1 Å². The Morgan fingerprint density at radius 3 is 2.58 bits per heavy atom. The van der Waals surface area contributed by atoms with Crippen molar-refractivity contribution >= 4 is 23.8 Å². The van der Waals surface area contributed by atoms with E-state index in [2.05, 4.69) is 20.3 Å². The van der Waals surface area contributed by atoms with Gasteiger partial charge in [-0.1, -0.05) is 18.2 Å². The summed E-state index contributed by atoms with van der Waals surface area (Å²) in [5, 5.41) is 9.66. The largest absolute Gasteiger partial charge is 0.465 e. The van der Waals surface area contributed by atoms with Gasteiger partial charge in [-0.3, -0.25) is 19.5 Å². The van der Waals surface area contributed by atoms with Gasteiger partial charge in [0.15, 0.2) is 0 Å². The zero-order valence-corrected chi connectivity index (χ0v) is 19.3. The molecule has 174 valence electrons.